The molecule has 0 amide bonds. The van der Waals surface area contributed by atoms with Crippen LogP contribution in [0.5, 0.6) is 11.5 Å². The van der Waals surface area contributed by atoms with Gasteiger partial charge in [-0.2, -0.15) is 5.26 Å². The lowest BCUT2D eigenvalue weighted by atomic mass is 9.92. The van der Waals surface area contributed by atoms with Gasteiger partial charge in [-0.3, -0.25) is 4.79 Å². The zero-order valence-electron chi connectivity index (χ0n) is 24.9. The molecule has 40 heavy (non-hydrogen) atoms. The van der Waals surface area contributed by atoms with Crippen molar-refractivity contribution >= 4 is 29.3 Å². The van der Waals surface area contributed by atoms with Gasteiger partial charge in [0.25, 0.3) is 0 Å². The molecule has 216 valence electrons. The largest absolute Gasteiger partial charge is 0.497 e. The molecule has 0 fully saturated rings. The van der Waals surface area contributed by atoms with E-state index in [0.29, 0.717) is 23.8 Å². The fourth-order valence-corrected chi connectivity index (χ4v) is 7.71. The molecule has 0 saturated carbocycles. The second-order valence-electron chi connectivity index (χ2n) is 10.6. The standard InChI is InChI=1S/C34H45NO3S2/c1-6-10-12-24(8-3)14-15-27-18-21-30(38-23-25(9-4)13-11-7-2)33-32(27)39-34(40-33)29(22-35)31(36)26-16-19-28(37-5)20-17-26/h16-21,24-25H,6-15,23H2,1-5H3/b34-29-. The molecule has 3 rings (SSSR count). The Bertz CT molecular complexity index is 1130. The first-order valence-electron chi connectivity index (χ1n) is 15.0. The number of hydrogen-bond donors (Lipinski definition) is 0. The Morgan fingerprint density at radius 2 is 1.52 bits per heavy atom. The van der Waals surface area contributed by atoms with Gasteiger partial charge in [0.15, 0.2) is 0 Å². The quantitative estimate of drug-likeness (QED) is 0.106. The summed E-state index contributed by atoms with van der Waals surface area (Å²) in [6.45, 7) is 9.70. The minimum absolute atomic E-state index is 0.192. The van der Waals surface area contributed by atoms with E-state index in [2.05, 4.69) is 45.9 Å². The lowest BCUT2D eigenvalue weighted by Crippen LogP contribution is -2.12. The highest BCUT2D eigenvalue weighted by atomic mass is 32.2. The molecule has 0 radical (unpaired) electrons. The Labute approximate surface area is 250 Å². The fourth-order valence-electron chi connectivity index (χ4n) is 5.00. The monoisotopic (exact) mass is 579 g/mol. The van der Waals surface area contributed by atoms with E-state index in [0.717, 1.165) is 45.0 Å². The Morgan fingerprint density at radius 3 is 2.12 bits per heavy atom. The Balaban J connectivity index is 1.91. The average molecular weight is 580 g/mol. The summed E-state index contributed by atoms with van der Waals surface area (Å²) >= 11 is 3.09. The first kappa shape index (κ1) is 32.2. The van der Waals surface area contributed by atoms with E-state index in [1.807, 2.05) is 0 Å². The third-order valence-corrected chi connectivity index (χ3v) is 10.5. The number of ketones is 1. The number of carbonyl (C=O) groups excluding carboxylic acids is 1. The van der Waals surface area contributed by atoms with Crippen molar-refractivity contribution in [2.24, 2.45) is 11.8 Å². The molecular weight excluding hydrogens is 535 g/mol. The average Bonchev–Trinajstić information content (AvgIpc) is 3.43. The number of fused-ring (bicyclic) bond motifs is 1. The maximum Gasteiger partial charge on any atom is 0.205 e. The van der Waals surface area contributed by atoms with Crippen molar-refractivity contribution < 1.29 is 14.3 Å². The number of carbonyl (C=O) groups is 1. The highest BCUT2D eigenvalue weighted by Crippen LogP contribution is 2.57. The number of benzene rings is 2. The van der Waals surface area contributed by atoms with Crippen LogP contribution in [-0.4, -0.2) is 19.5 Å². The number of unbranched alkanes of at least 4 members (excludes halogenated alkanes) is 2. The highest BCUT2D eigenvalue weighted by Gasteiger charge is 2.30. The van der Waals surface area contributed by atoms with Crippen LogP contribution in [0.15, 0.2) is 56.0 Å². The molecule has 1 aliphatic heterocycles. The lowest BCUT2D eigenvalue weighted by molar-refractivity contribution is 0.103. The highest BCUT2D eigenvalue weighted by molar-refractivity contribution is 8.24. The van der Waals surface area contributed by atoms with E-state index < -0.39 is 0 Å². The first-order chi connectivity index (χ1) is 19.5. The zero-order valence-corrected chi connectivity index (χ0v) is 26.5. The van der Waals surface area contributed by atoms with Crippen molar-refractivity contribution in [2.75, 3.05) is 13.7 Å². The van der Waals surface area contributed by atoms with E-state index in [1.165, 1.54) is 62.3 Å². The van der Waals surface area contributed by atoms with E-state index in [1.54, 1.807) is 43.1 Å². The smallest absolute Gasteiger partial charge is 0.205 e. The van der Waals surface area contributed by atoms with Crippen LogP contribution in [0.2, 0.25) is 0 Å². The van der Waals surface area contributed by atoms with Gasteiger partial charge in [0, 0.05) is 10.5 Å². The lowest BCUT2D eigenvalue weighted by Gasteiger charge is -2.19. The van der Waals surface area contributed by atoms with E-state index in [4.69, 9.17) is 9.47 Å². The summed E-state index contributed by atoms with van der Waals surface area (Å²) < 4.78 is 12.4. The Morgan fingerprint density at radius 1 is 0.875 bits per heavy atom. The topological polar surface area (TPSA) is 59.3 Å². The molecule has 0 N–H and O–H groups in total. The summed E-state index contributed by atoms with van der Waals surface area (Å²) in [6.07, 6.45) is 11.8. The van der Waals surface area contributed by atoms with Gasteiger partial charge in [-0.25, -0.2) is 0 Å². The minimum atomic E-state index is -0.256. The van der Waals surface area contributed by atoms with Gasteiger partial charge in [0.2, 0.25) is 5.78 Å². The van der Waals surface area contributed by atoms with Crippen LogP contribution in [0.3, 0.4) is 0 Å². The number of ether oxygens (including phenoxy) is 2. The van der Waals surface area contributed by atoms with Crippen LogP contribution in [0.4, 0.5) is 0 Å². The van der Waals surface area contributed by atoms with Gasteiger partial charge in [0.1, 0.15) is 23.1 Å². The van der Waals surface area contributed by atoms with Crippen LogP contribution in [0.1, 0.15) is 101 Å². The normalized spacial score (nSPS) is 15.2. The molecule has 0 spiro atoms. The van der Waals surface area contributed by atoms with Crippen molar-refractivity contribution in [2.45, 2.75) is 102 Å². The van der Waals surface area contributed by atoms with Gasteiger partial charge in [-0.05, 0) is 67.0 Å². The predicted molar refractivity (Wildman–Crippen MR) is 169 cm³/mol. The third kappa shape index (κ3) is 8.57. The van der Waals surface area contributed by atoms with E-state index in [-0.39, 0.29) is 11.4 Å². The number of nitrogens with zero attached hydrogens (tertiary/aromatic N) is 1. The van der Waals surface area contributed by atoms with Crippen molar-refractivity contribution in [3.63, 3.8) is 0 Å². The predicted octanol–water partition coefficient (Wildman–Crippen LogP) is 10.3. The maximum atomic E-state index is 13.4. The van der Waals surface area contributed by atoms with Crippen molar-refractivity contribution in [3.05, 3.63) is 57.3 Å². The minimum Gasteiger partial charge on any atom is -0.497 e. The summed E-state index contributed by atoms with van der Waals surface area (Å²) in [5.74, 6) is 2.54. The van der Waals surface area contributed by atoms with Crippen LogP contribution in [0.25, 0.3) is 0 Å². The molecular formula is C34H45NO3S2. The molecule has 6 heteroatoms. The molecule has 0 bridgehead atoms. The number of methoxy groups -OCH3 is 1. The molecule has 4 nitrogen and oxygen atoms in total. The fraction of sp³-hybridized carbons (Fsp3) is 0.529. The number of rotatable bonds is 17. The number of thioether (sulfide) groups is 2. The Kier molecular flexibility index (Phi) is 13.5. The summed E-state index contributed by atoms with van der Waals surface area (Å²) in [7, 11) is 1.60. The second kappa shape index (κ2) is 16.8. The maximum absolute atomic E-state index is 13.4. The summed E-state index contributed by atoms with van der Waals surface area (Å²) in [4.78, 5) is 15.6. The summed E-state index contributed by atoms with van der Waals surface area (Å²) in [6, 6.07) is 13.5. The molecule has 2 atom stereocenters. The third-order valence-electron chi connectivity index (χ3n) is 7.83. The SMILES string of the molecule is CCCCC(CC)CCc1ccc(OCC(CC)CCCC)c2c1S/C(=C(\C#N)C(=O)c1ccc(OC)cc1)S2. The van der Waals surface area contributed by atoms with E-state index >= 15 is 0 Å². The van der Waals surface area contributed by atoms with Crippen LogP contribution < -0.4 is 9.47 Å². The molecule has 2 unspecified atom stereocenters. The zero-order chi connectivity index (χ0) is 28.9. The van der Waals surface area contributed by atoms with Crippen molar-refractivity contribution in [3.8, 4) is 17.6 Å². The number of hydrogen-bond acceptors (Lipinski definition) is 6. The molecule has 0 saturated heterocycles. The van der Waals surface area contributed by atoms with Gasteiger partial charge >= 0.3 is 0 Å². The van der Waals surface area contributed by atoms with Gasteiger partial charge in [-0.1, -0.05) is 102 Å². The summed E-state index contributed by atoms with van der Waals surface area (Å²) in [5, 5.41) is 10.1. The molecule has 1 heterocycles. The van der Waals surface area contributed by atoms with Crippen LogP contribution in [-0.2, 0) is 6.42 Å². The van der Waals surface area contributed by atoms with Gasteiger partial charge in [0.05, 0.1) is 22.8 Å². The van der Waals surface area contributed by atoms with Crippen LogP contribution >= 0.6 is 23.5 Å². The number of nitriles is 1. The van der Waals surface area contributed by atoms with Gasteiger partial charge < -0.3 is 9.47 Å². The number of Topliss-reactive ketones (excluding diaryl/α,β-unsaturated/α-hetero) is 1. The van der Waals surface area contributed by atoms with Crippen molar-refractivity contribution in [1.82, 2.24) is 0 Å². The summed E-state index contributed by atoms with van der Waals surface area (Å²) in [5.41, 5.74) is 1.97. The molecule has 0 aliphatic carbocycles. The second-order valence-corrected chi connectivity index (χ2v) is 12.9. The molecule has 2 aromatic carbocycles. The first-order valence-corrected chi connectivity index (χ1v) is 16.6. The van der Waals surface area contributed by atoms with Gasteiger partial charge in [-0.15, -0.1) is 0 Å². The number of aryl methyl sites for hydroxylation is 1. The van der Waals surface area contributed by atoms with E-state index in [9.17, 15) is 10.1 Å². The molecule has 2 aromatic rings. The molecule has 0 aromatic heterocycles. The molecule has 1 aliphatic rings. The van der Waals surface area contributed by atoms with Crippen molar-refractivity contribution in [1.29, 1.82) is 5.26 Å². The number of allylic oxidation sites excluding steroid dienone is 1. The van der Waals surface area contributed by atoms with Crippen LogP contribution in [0, 0.1) is 23.2 Å². The Hall–Kier alpha value is -2.36.